The molecule has 0 aliphatic heterocycles. The first-order valence-electron chi connectivity index (χ1n) is 19.4. The van der Waals surface area contributed by atoms with Crippen LogP contribution in [0.4, 0.5) is 29.6 Å². The Morgan fingerprint density at radius 3 is 2.18 bits per heavy atom. The van der Waals surface area contributed by atoms with Gasteiger partial charge in [0.05, 0.1) is 39.8 Å². The van der Waals surface area contributed by atoms with E-state index in [9.17, 15) is 55.7 Å². The number of rotatable bonds is 15. The van der Waals surface area contributed by atoms with Gasteiger partial charge in [0.15, 0.2) is 13.2 Å². The second-order valence-corrected chi connectivity index (χ2v) is 15.7. The molecule has 0 saturated carbocycles. The zero-order valence-electron chi connectivity index (χ0n) is 36.4. The number of nitro groups is 1. The van der Waals surface area contributed by atoms with Gasteiger partial charge in [0.2, 0.25) is 5.95 Å². The van der Waals surface area contributed by atoms with Gasteiger partial charge < -0.3 is 33.9 Å². The molecule has 2 heterocycles. The molecule has 2 amide bonds. The van der Waals surface area contributed by atoms with Gasteiger partial charge in [-0.25, -0.2) is 37.1 Å². The summed E-state index contributed by atoms with van der Waals surface area (Å²) in [5.41, 5.74) is -2.07. The summed E-state index contributed by atoms with van der Waals surface area (Å²) >= 11 is 11.8. The van der Waals surface area contributed by atoms with Gasteiger partial charge in [0.25, 0.3) is 15.7 Å². The molecule has 2 aromatic heterocycles. The van der Waals surface area contributed by atoms with Crippen molar-refractivity contribution in [2.24, 2.45) is 0 Å². The SMILES string of the molecule is CCOC(=O)COC(=O)c1cc(Oc2ccc(C(F)(F)F)cc2Cl)ccc1[N+](=O)[O-].COc1nc(C)nc(NC(=O)NS(=O)(=O)c2ccccc2C(=O)O)n1.O=C(O)COc1ccc(Cl)c2cccnc12. The van der Waals surface area contributed by atoms with Crippen LogP contribution in [0.15, 0.2) is 96.0 Å². The third kappa shape index (κ3) is 16.1. The van der Waals surface area contributed by atoms with Gasteiger partial charge in [-0.3, -0.25) is 20.4 Å². The normalized spacial score (nSPS) is 10.8. The average Bonchev–Trinajstić information content (AvgIpc) is 3.31. The standard InChI is InChI=1S/C18H13ClF3NO7.C13H13N5O6S.C11H8ClNO3/c1-2-28-16(24)9-29-17(25)12-8-11(4-5-14(12)23(26)27)30-15-6-3-10(7-13(15)19)18(20,21)22;1-7-14-11(17-13(15-7)24-2)16-12(21)18-25(22,23)9-6-4-3-5-8(9)10(19)20;12-8-3-4-9(16-6-10(14)15)11-7(8)2-1-5-13-11/h3-8H,2,9H2,1H3;3-6H,1-2H3,(H,19,20)(H2,14,15,16,17,18,21);1-5H,6H2,(H,14,15). The van der Waals surface area contributed by atoms with Crippen molar-refractivity contribution in [3.05, 3.63) is 134 Å². The summed E-state index contributed by atoms with van der Waals surface area (Å²) in [5.74, 6) is -4.41. The Labute approximate surface area is 407 Å². The fraction of sp³-hybridized carbons (Fsp3) is 0.167. The van der Waals surface area contributed by atoms with Gasteiger partial charge in [0.1, 0.15) is 39.0 Å². The molecule has 0 aliphatic rings. The number of carboxylic acids is 2. The van der Waals surface area contributed by atoms with Crippen LogP contribution in [-0.4, -0.2) is 100 Å². The number of aromatic nitrogens is 4. The minimum absolute atomic E-state index is 0.0493. The number of hydrogen-bond acceptors (Lipinski definition) is 18. The number of aliphatic carboxylic acids is 1. The molecule has 4 N–H and O–H groups in total. The number of alkyl halides is 3. The number of methoxy groups -OCH3 is 1. The van der Waals surface area contributed by atoms with Gasteiger partial charge in [0, 0.05) is 23.7 Å². The molecule has 0 radical (unpaired) electrons. The van der Waals surface area contributed by atoms with E-state index < -0.39 is 91.5 Å². The lowest BCUT2D eigenvalue weighted by Gasteiger charge is -2.12. The third-order valence-electron chi connectivity index (χ3n) is 8.30. The molecule has 374 valence electrons. The highest BCUT2D eigenvalue weighted by Gasteiger charge is 2.31. The van der Waals surface area contributed by atoms with Crippen molar-refractivity contribution in [3.63, 3.8) is 0 Å². The topological polar surface area (TPSA) is 325 Å². The van der Waals surface area contributed by atoms with Crippen molar-refractivity contribution >= 4 is 85.7 Å². The Morgan fingerprint density at radius 2 is 1.55 bits per heavy atom. The Balaban J connectivity index is 0.000000241. The number of urea groups is 1. The Kier molecular flexibility index (Phi) is 19.2. The van der Waals surface area contributed by atoms with Gasteiger partial charge in [-0.15, -0.1) is 0 Å². The van der Waals surface area contributed by atoms with Crippen molar-refractivity contribution in [3.8, 4) is 23.3 Å². The number of nitrogens with zero attached hydrogens (tertiary/aromatic N) is 5. The van der Waals surface area contributed by atoms with Crippen molar-refractivity contribution in [2.45, 2.75) is 24.9 Å². The number of pyridine rings is 1. The first-order chi connectivity index (χ1) is 33.4. The van der Waals surface area contributed by atoms with Crippen LogP contribution >= 0.6 is 23.2 Å². The molecule has 0 fully saturated rings. The molecule has 4 aromatic carbocycles. The first kappa shape index (κ1) is 55.2. The number of ether oxygens (including phenoxy) is 5. The highest BCUT2D eigenvalue weighted by molar-refractivity contribution is 7.90. The maximum atomic E-state index is 12.7. The zero-order chi connectivity index (χ0) is 52.6. The second-order valence-electron chi connectivity index (χ2n) is 13.2. The molecule has 0 aliphatic carbocycles. The Bertz CT molecular complexity index is 3100. The van der Waals surface area contributed by atoms with E-state index >= 15 is 0 Å². The number of nitro benzene ring substituents is 1. The number of anilines is 1. The van der Waals surface area contributed by atoms with E-state index in [1.807, 2.05) is 0 Å². The summed E-state index contributed by atoms with van der Waals surface area (Å²) in [6, 6.07) is 15.8. The number of esters is 2. The van der Waals surface area contributed by atoms with Crippen LogP contribution < -0.4 is 24.2 Å². The van der Waals surface area contributed by atoms with E-state index in [0.717, 1.165) is 47.9 Å². The number of nitrogens with one attached hydrogen (secondary N) is 2. The second kappa shape index (κ2) is 24.7. The maximum absolute atomic E-state index is 12.7. The highest BCUT2D eigenvalue weighted by Crippen LogP contribution is 2.37. The minimum Gasteiger partial charge on any atom is -0.480 e. The predicted molar refractivity (Wildman–Crippen MR) is 240 cm³/mol. The van der Waals surface area contributed by atoms with Crippen LogP contribution in [0.3, 0.4) is 0 Å². The van der Waals surface area contributed by atoms with E-state index in [-0.39, 0.29) is 40.9 Å². The average molecular weight is 1050 g/mol. The van der Waals surface area contributed by atoms with E-state index in [2.05, 4.69) is 30.0 Å². The number of sulfonamides is 1. The number of aromatic carboxylic acids is 1. The first-order valence-corrected chi connectivity index (χ1v) is 21.6. The third-order valence-corrected chi connectivity index (χ3v) is 10.3. The zero-order valence-corrected chi connectivity index (χ0v) is 38.8. The smallest absolute Gasteiger partial charge is 0.416 e. The molecule has 6 aromatic rings. The number of carbonyl (C=O) groups excluding carboxylic acids is 3. The molecule has 0 spiro atoms. The Morgan fingerprint density at radius 1 is 0.845 bits per heavy atom. The van der Waals surface area contributed by atoms with Crippen LogP contribution in [-0.2, 0) is 35.3 Å². The molecule has 0 unspecified atom stereocenters. The number of fused-ring (bicyclic) bond motifs is 1. The number of benzene rings is 4. The molecule has 29 heteroatoms. The lowest BCUT2D eigenvalue weighted by molar-refractivity contribution is -0.385. The van der Waals surface area contributed by atoms with Gasteiger partial charge in [-0.2, -0.15) is 28.1 Å². The van der Waals surface area contributed by atoms with Crippen molar-refractivity contribution in [2.75, 3.05) is 32.2 Å². The maximum Gasteiger partial charge on any atom is 0.416 e. The van der Waals surface area contributed by atoms with Crippen LogP contribution in [0, 0.1) is 17.0 Å². The summed E-state index contributed by atoms with van der Waals surface area (Å²) in [5, 5.41) is 31.8. The summed E-state index contributed by atoms with van der Waals surface area (Å²) in [4.78, 5) is 82.1. The van der Waals surface area contributed by atoms with Crippen LogP contribution in [0.5, 0.6) is 23.3 Å². The molecular weight excluding hydrogens is 1020 g/mol. The van der Waals surface area contributed by atoms with E-state index in [1.54, 1.807) is 35.2 Å². The number of halogens is 5. The van der Waals surface area contributed by atoms with Crippen molar-refractivity contribution in [1.29, 1.82) is 0 Å². The number of carboxylic acid groups (broad SMARTS) is 2. The molecule has 0 saturated heterocycles. The fourth-order valence-electron chi connectivity index (χ4n) is 5.35. The summed E-state index contributed by atoms with van der Waals surface area (Å²) < 4.78 is 88.9. The number of aryl methyl sites for hydroxylation is 1. The van der Waals surface area contributed by atoms with E-state index in [1.165, 1.54) is 33.1 Å². The molecule has 71 heavy (non-hydrogen) atoms. The molecule has 6 rings (SSSR count). The van der Waals surface area contributed by atoms with Gasteiger partial charge >= 0.3 is 42.1 Å². The molecular formula is C42H34Cl2F3N7O16S. The van der Waals surface area contributed by atoms with Gasteiger partial charge in [-0.05, 0) is 74.5 Å². The highest BCUT2D eigenvalue weighted by atomic mass is 35.5. The largest absolute Gasteiger partial charge is 0.480 e. The lowest BCUT2D eigenvalue weighted by Crippen LogP contribution is -2.35. The lowest BCUT2D eigenvalue weighted by atomic mass is 10.1. The van der Waals surface area contributed by atoms with Crippen molar-refractivity contribution < 1.29 is 84.4 Å². The number of hydrogen-bond donors (Lipinski definition) is 4. The van der Waals surface area contributed by atoms with Crippen LogP contribution in [0.2, 0.25) is 10.0 Å². The monoisotopic (exact) mass is 1050 g/mol. The van der Waals surface area contributed by atoms with Crippen molar-refractivity contribution in [1.82, 2.24) is 24.7 Å². The van der Waals surface area contributed by atoms with Crippen LogP contribution in [0.25, 0.3) is 10.9 Å². The number of amides is 2. The minimum atomic E-state index is -4.61. The molecule has 23 nitrogen and oxygen atoms in total. The Hall–Kier alpha value is -8.43. The predicted octanol–water partition coefficient (Wildman–Crippen LogP) is 7.53. The summed E-state index contributed by atoms with van der Waals surface area (Å²) in [6.07, 6.45) is -3.00. The quantitative estimate of drug-likeness (QED) is 0.0438. The molecule has 0 atom stereocenters. The number of carbonyl (C=O) groups is 5. The fourth-order valence-corrected chi connectivity index (χ4v) is 6.89. The summed E-state index contributed by atoms with van der Waals surface area (Å²) in [7, 11) is -3.11. The summed E-state index contributed by atoms with van der Waals surface area (Å²) in [6.45, 7) is 1.95. The van der Waals surface area contributed by atoms with E-state index in [4.69, 9.17) is 52.4 Å². The molecule has 0 bridgehead atoms. The van der Waals surface area contributed by atoms with Crippen LogP contribution in [0.1, 0.15) is 39.0 Å². The van der Waals surface area contributed by atoms with E-state index in [0.29, 0.717) is 22.4 Å². The van der Waals surface area contributed by atoms with Gasteiger partial charge in [-0.1, -0.05) is 35.3 Å².